The highest BCUT2D eigenvalue weighted by atomic mass is 35.5. The van der Waals surface area contributed by atoms with E-state index in [1.54, 1.807) is 12.1 Å². The van der Waals surface area contributed by atoms with Gasteiger partial charge in [-0.3, -0.25) is 4.79 Å². The van der Waals surface area contributed by atoms with E-state index in [1.807, 2.05) is 53.2 Å². The minimum atomic E-state index is -0.687. The Morgan fingerprint density at radius 1 is 1.00 bits per heavy atom. The van der Waals surface area contributed by atoms with Crippen LogP contribution in [0.4, 0.5) is 0 Å². The third kappa shape index (κ3) is 5.21. The summed E-state index contributed by atoms with van der Waals surface area (Å²) in [6, 6.07) is 20.6. The van der Waals surface area contributed by atoms with E-state index in [4.69, 9.17) is 39.9 Å². The van der Waals surface area contributed by atoms with Crippen molar-refractivity contribution < 1.29 is 9.90 Å². The fourth-order valence-electron chi connectivity index (χ4n) is 6.08. The molecule has 0 radical (unpaired) electrons. The molecule has 3 atom stereocenters. The SMILES string of the molecule is O=C(N[C@@H]1c2ccccc2C[C@@H]1O)c1nn(-c2ccc(Cl)cc2Cl)c2c1CCCC[C@@H]2Cc1cccc(Cl)c1. The van der Waals surface area contributed by atoms with Crippen LogP contribution in [0, 0.1) is 0 Å². The first-order chi connectivity index (χ1) is 18.9. The number of halogens is 3. The molecule has 6 rings (SSSR count). The van der Waals surface area contributed by atoms with Gasteiger partial charge in [0.05, 0.1) is 28.5 Å². The van der Waals surface area contributed by atoms with Crippen molar-refractivity contribution in [2.45, 2.75) is 56.6 Å². The van der Waals surface area contributed by atoms with Crippen molar-refractivity contribution in [1.29, 1.82) is 0 Å². The Morgan fingerprint density at radius 2 is 1.82 bits per heavy atom. The molecule has 1 aromatic heterocycles. The first-order valence-corrected chi connectivity index (χ1v) is 14.4. The van der Waals surface area contributed by atoms with Gasteiger partial charge in [-0.1, -0.05) is 77.6 Å². The number of carbonyl (C=O) groups excluding carboxylic acids is 1. The Bertz CT molecular complexity index is 1550. The molecule has 200 valence electrons. The zero-order chi connectivity index (χ0) is 27.1. The number of nitrogens with one attached hydrogen (secondary N) is 1. The summed E-state index contributed by atoms with van der Waals surface area (Å²) in [6.07, 6.45) is 4.26. The van der Waals surface area contributed by atoms with Crippen LogP contribution in [0.25, 0.3) is 5.69 Å². The second-order valence-corrected chi connectivity index (χ2v) is 11.7. The van der Waals surface area contributed by atoms with Gasteiger partial charge in [-0.15, -0.1) is 0 Å². The van der Waals surface area contributed by atoms with Gasteiger partial charge in [-0.05, 0) is 72.7 Å². The summed E-state index contributed by atoms with van der Waals surface area (Å²) in [5, 5.41) is 20.5. The molecule has 0 fully saturated rings. The predicted molar refractivity (Wildman–Crippen MR) is 155 cm³/mol. The highest BCUT2D eigenvalue weighted by Gasteiger charge is 2.35. The van der Waals surface area contributed by atoms with Crippen molar-refractivity contribution in [3.8, 4) is 5.69 Å². The summed E-state index contributed by atoms with van der Waals surface area (Å²) >= 11 is 19.2. The Morgan fingerprint density at radius 3 is 2.64 bits per heavy atom. The van der Waals surface area contributed by atoms with E-state index < -0.39 is 12.1 Å². The minimum absolute atomic E-state index is 0.111. The topological polar surface area (TPSA) is 67.2 Å². The van der Waals surface area contributed by atoms with Gasteiger partial charge in [0.2, 0.25) is 0 Å². The maximum Gasteiger partial charge on any atom is 0.272 e. The van der Waals surface area contributed by atoms with Crippen molar-refractivity contribution in [2.75, 3.05) is 0 Å². The van der Waals surface area contributed by atoms with Crippen molar-refractivity contribution >= 4 is 40.7 Å². The lowest BCUT2D eigenvalue weighted by Crippen LogP contribution is -2.34. The van der Waals surface area contributed by atoms with Crippen LogP contribution in [-0.2, 0) is 19.3 Å². The van der Waals surface area contributed by atoms with Crippen LogP contribution in [0.2, 0.25) is 15.1 Å². The summed E-state index contributed by atoms with van der Waals surface area (Å²) in [6.45, 7) is 0. The number of aliphatic hydroxyl groups excluding tert-OH is 1. The Balaban J connectivity index is 1.44. The van der Waals surface area contributed by atoms with E-state index in [9.17, 15) is 9.90 Å². The van der Waals surface area contributed by atoms with Crippen molar-refractivity contribution in [3.63, 3.8) is 0 Å². The molecule has 8 heteroatoms. The predicted octanol–water partition coefficient (Wildman–Crippen LogP) is 7.27. The van der Waals surface area contributed by atoms with Crippen molar-refractivity contribution in [3.05, 3.63) is 115 Å². The molecule has 0 aliphatic heterocycles. The summed E-state index contributed by atoms with van der Waals surface area (Å²) in [7, 11) is 0. The molecule has 1 heterocycles. The smallest absolute Gasteiger partial charge is 0.272 e. The van der Waals surface area contributed by atoms with Crippen molar-refractivity contribution in [2.24, 2.45) is 0 Å². The number of amides is 1. The minimum Gasteiger partial charge on any atom is -0.390 e. The van der Waals surface area contributed by atoms with Crippen LogP contribution in [0.5, 0.6) is 0 Å². The first-order valence-electron chi connectivity index (χ1n) is 13.3. The van der Waals surface area contributed by atoms with Crippen LogP contribution in [0.3, 0.4) is 0 Å². The van der Waals surface area contributed by atoms with Gasteiger partial charge in [0.15, 0.2) is 5.69 Å². The van der Waals surface area contributed by atoms with Gasteiger partial charge in [0.25, 0.3) is 5.91 Å². The highest BCUT2D eigenvalue weighted by Crippen LogP contribution is 2.39. The zero-order valence-electron chi connectivity index (χ0n) is 21.2. The number of aliphatic hydroxyl groups is 1. The molecule has 1 amide bonds. The third-order valence-electron chi connectivity index (χ3n) is 7.85. The van der Waals surface area contributed by atoms with Crippen molar-refractivity contribution in [1.82, 2.24) is 15.1 Å². The first kappa shape index (κ1) is 26.4. The highest BCUT2D eigenvalue weighted by molar-refractivity contribution is 6.35. The molecular weight excluding hydrogens is 553 g/mol. The number of nitrogens with zero attached hydrogens (tertiary/aromatic N) is 2. The number of hydrogen-bond donors (Lipinski definition) is 2. The molecule has 3 aromatic carbocycles. The third-order valence-corrected chi connectivity index (χ3v) is 8.63. The number of hydrogen-bond acceptors (Lipinski definition) is 3. The van der Waals surface area contributed by atoms with E-state index in [0.29, 0.717) is 32.9 Å². The summed E-state index contributed by atoms with van der Waals surface area (Å²) in [5.74, 6) is -0.182. The molecule has 0 spiro atoms. The fraction of sp³-hybridized carbons (Fsp3) is 0.290. The Labute approximate surface area is 242 Å². The number of benzene rings is 3. The number of rotatable bonds is 5. The average Bonchev–Trinajstić information content (AvgIpc) is 3.35. The zero-order valence-corrected chi connectivity index (χ0v) is 23.5. The van der Waals surface area contributed by atoms with Gasteiger partial charge >= 0.3 is 0 Å². The second kappa shape index (κ2) is 11.0. The van der Waals surface area contributed by atoms with Gasteiger partial charge in [0.1, 0.15) is 0 Å². The van der Waals surface area contributed by atoms with Gasteiger partial charge in [0, 0.05) is 27.9 Å². The largest absolute Gasteiger partial charge is 0.390 e. The Kier molecular flexibility index (Phi) is 7.43. The Hall–Kier alpha value is -2.83. The van der Waals surface area contributed by atoms with E-state index in [2.05, 4.69) is 11.4 Å². The molecule has 0 saturated carbocycles. The van der Waals surface area contributed by atoms with Crippen LogP contribution in [0.1, 0.15) is 69.7 Å². The molecule has 5 nitrogen and oxygen atoms in total. The average molecular weight is 581 g/mol. The molecular formula is C31H28Cl3N3O2. The van der Waals surface area contributed by atoms with Crippen LogP contribution in [-0.4, -0.2) is 26.9 Å². The normalized spacial score (nSPS) is 20.3. The van der Waals surface area contributed by atoms with E-state index in [0.717, 1.165) is 60.1 Å². The molecule has 2 aliphatic carbocycles. The fourth-order valence-corrected chi connectivity index (χ4v) is 6.78. The van der Waals surface area contributed by atoms with E-state index in [1.165, 1.54) is 0 Å². The molecule has 0 unspecified atom stereocenters. The monoisotopic (exact) mass is 579 g/mol. The van der Waals surface area contributed by atoms with Gasteiger partial charge in [-0.25, -0.2) is 4.68 Å². The lowest BCUT2D eigenvalue weighted by Gasteiger charge is -2.19. The number of carbonyl (C=O) groups is 1. The van der Waals surface area contributed by atoms with Gasteiger partial charge in [-0.2, -0.15) is 5.10 Å². The second-order valence-electron chi connectivity index (χ2n) is 10.4. The van der Waals surface area contributed by atoms with E-state index in [-0.39, 0.29) is 11.8 Å². The molecule has 2 aliphatic rings. The maximum atomic E-state index is 13.9. The van der Waals surface area contributed by atoms with Crippen LogP contribution < -0.4 is 5.32 Å². The lowest BCUT2D eigenvalue weighted by molar-refractivity contribution is 0.0852. The number of fused-ring (bicyclic) bond motifs is 2. The summed E-state index contributed by atoms with van der Waals surface area (Å²) in [5.41, 5.74) is 6.12. The quantitative estimate of drug-likeness (QED) is 0.244. The van der Waals surface area contributed by atoms with Crippen LogP contribution in [0.15, 0.2) is 66.7 Å². The standard InChI is InChI=1S/C31H28Cl3N3O2/c32-21-9-5-6-18(15-21)14-20-8-2-4-11-24-29(36-37(30(20)24)26-13-12-22(33)17-25(26)34)31(39)35-28-23-10-3-1-7-19(23)16-27(28)38/h1,3,5-7,9-10,12-13,15,17,20,27-28,38H,2,4,8,11,14,16H2,(H,35,39)/t20-,27+,28-/m1/s1. The molecule has 0 bridgehead atoms. The summed E-state index contributed by atoms with van der Waals surface area (Å²) in [4.78, 5) is 13.9. The van der Waals surface area contributed by atoms with Gasteiger partial charge < -0.3 is 10.4 Å². The lowest BCUT2D eigenvalue weighted by atomic mass is 9.91. The number of aromatic nitrogens is 2. The maximum absolute atomic E-state index is 13.9. The van der Waals surface area contributed by atoms with Crippen LogP contribution >= 0.6 is 34.8 Å². The van der Waals surface area contributed by atoms with E-state index >= 15 is 0 Å². The molecule has 39 heavy (non-hydrogen) atoms. The molecule has 0 saturated heterocycles. The molecule has 2 N–H and O–H groups in total. The summed E-state index contributed by atoms with van der Waals surface area (Å²) < 4.78 is 1.84. The molecule has 4 aromatic rings.